The minimum absolute atomic E-state index is 0.108. The predicted octanol–water partition coefficient (Wildman–Crippen LogP) is 4.54. The molecule has 2 aromatic heterocycles. The topological polar surface area (TPSA) is 73.9 Å². The number of hydrogen-bond donors (Lipinski definition) is 2. The van der Waals surface area contributed by atoms with E-state index in [-0.39, 0.29) is 5.56 Å². The van der Waals surface area contributed by atoms with Crippen LogP contribution < -0.4 is 10.9 Å². The van der Waals surface area contributed by atoms with Crippen molar-refractivity contribution >= 4 is 5.82 Å². The largest absolute Gasteiger partial charge is 0.366 e. The molecule has 6 nitrogen and oxygen atoms in total. The van der Waals surface area contributed by atoms with Crippen LogP contribution in [-0.2, 0) is 13.1 Å². The summed E-state index contributed by atoms with van der Waals surface area (Å²) in [6.45, 7) is 12.4. The number of piperidine rings is 1. The second kappa shape index (κ2) is 9.65. The number of nitrogens with zero attached hydrogens (tertiary/aromatic N) is 3. The summed E-state index contributed by atoms with van der Waals surface area (Å²) >= 11 is 0. The lowest BCUT2D eigenvalue weighted by Crippen LogP contribution is -2.38. The molecule has 6 heteroatoms. The molecular weight excluding hydrogens is 398 g/mol. The number of benzene rings is 1. The molecule has 0 saturated carbocycles. The van der Waals surface area contributed by atoms with Crippen LogP contribution in [0, 0.1) is 25.7 Å². The quantitative estimate of drug-likeness (QED) is 0.599. The van der Waals surface area contributed by atoms with E-state index in [1.54, 1.807) is 13.1 Å². The Kier molecular flexibility index (Phi) is 6.70. The highest BCUT2D eigenvalue weighted by molar-refractivity contribution is 5.56. The maximum atomic E-state index is 12.0. The Balaban J connectivity index is 1.43. The van der Waals surface area contributed by atoms with Crippen LogP contribution in [0.3, 0.4) is 0 Å². The van der Waals surface area contributed by atoms with Crippen molar-refractivity contribution < 1.29 is 0 Å². The SMILES string of the molecule is Cc1nc(-c2ccc(NCc3ccccc3CN3CC(C)CC(C)C3)nc2)[nH]c(=O)c1C. The van der Waals surface area contributed by atoms with E-state index in [4.69, 9.17) is 0 Å². The maximum Gasteiger partial charge on any atom is 0.254 e. The van der Waals surface area contributed by atoms with Gasteiger partial charge in [-0.2, -0.15) is 0 Å². The van der Waals surface area contributed by atoms with E-state index in [0.717, 1.165) is 42.0 Å². The molecule has 32 heavy (non-hydrogen) atoms. The predicted molar refractivity (Wildman–Crippen MR) is 130 cm³/mol. The van der Waals surface area contributed by atoms with Crippen molar-refractivity contribution in [2.24, 2.45) is 11.8 Å². The average molecular weight is 432 g/mol. The number of likely N-dealkylation sites (tertiary alicyclic amines) is 1. The summed E-state index contributed by atoms with van der Waals surface area (Å²) in [6, 6.07) is 12.5. The van der Waals surface area contributed by atoms with Crippen LogP contribution in [-0.4, -0.2) is 32.9 Å². The molecule has 2 N–H and O–H groups in total. The zero-order valence-electron chi connectivity index (χ0n) is 19.5. The zero-order valence-corrected chi connectivity index (χ0v) is 19.5. The van der Waals surface area contributed by atoms with Gasteiger partial charge >= 0.3 is 0 Å². The first-order chi connectivity index (χ1) is 15.4. The Bertz CT molecular complexity index is 1110. The maximum absolute atomic E-state index is 12.0. The third-order valence-electron chi connectivity index (χ3n) is 6.35. The molecule has 1 fully saturated rings. The molecule has 1 saturated heterocycles. The second-order valence-electron chi connectivity index (χ2n) is 9.32. The summed E-state index contributed by atoms with van der Waals surface area (Å²) in [6.07, 6.45) is 3.07. The molecule has 0 radical (unpaired) electrons. The highest BCUT2D eigenvalue weighted by Crippen LogP contribution is 2.24. The highest BCUT2D eigenvalue weighted by atomic mass is 16.1. The van der Waals surface area contributed by atoms with E-state index in [2.05, 4.69) is 63.3 Å². The molecule has 0 amide bonds. The van der Waals surface area contributed by atoms with Crippen LogP contribution in [0.1, 0.15) is 42.7 Å². The van der Waals surface area contributed by atoms with E-state index in [1.807, 2.05) is 19.1 Å². The molecule has 1 aliphatic heterocycles. The number of H-pyrrole nitrogens is 1. The summed E-state index contributed by atoms with van der Waals surface area (Å²) < 4.78 is 0. The third kappa shape index (κ3) is 5.25. The van der Waals surface area contributed by atoms with Crippen molar-refractivity contribution in [2.75, 3.05) is 18.4 Å². The number of pyridine rings is 1. The third-order valence-corrected chi connectivity index (χ3v) is 6.35. The van der Waals surface area contributed by atoms with Gasteiger partial charge in [-0.3, -0.25) is 9.69 Å². The van der Waals surface area contributed by atoms with Crippen LogP contribution in [0.25, 0.3) is 11.4 Å². The van der Waals surface area contributed by atoms with E-state index in [0.29, 0.717) is 11.4 Å². The van der Waals surface area contributed by atoms with Gasteiger partial charge in [0.2, 0.25) is 0 Å². The fourth-order valence-corrected chi connectivity index (χ4v) is 4.65. The lowest BCUT2D eigenvalue weighted by atomic mass is 9.91. The van der Waals surface area contributed by atoms with Crippen LogP contribution in [0.4, 0.5) is 5.82 Å². The second-order valence-corrected chi connectivity index (χ2v) is 9.32. The van der Waals surface area contributed by atoms with E-state index in [1.165, 1.54) is 30.6 Å². The van der Waals surface area contributed by atoms with Crippen molar-refractivity contribution in [1.29, 1.82) is 0 Å². The number of aromatic amines is 1. The number of anilines is 1. The average Bonchev–Trinajstić information content (AvgIpc) is 2.76. The van der Waals surface area contributed by atoms with Crippen LogP contribution in [0.5, 0.6) is 0 Å². The number of aromatic nitrogens is 3. The molecule has 0 aliphatic carbocycles. The van der Waals surface area contributed by atoms with E-state index < -0.39 is 0 Å². The number of rotatable bonds is 6. The van der Waals surface area contributed by atoms with Gasteiger partial charge in [-0.05, 0) is 55.4 Å². The van der Waals surface area contributed by atoms with E-state index >= 15 is 0 Å². The minimum Gasteiger partial charge on any atom is -0.366 e. The Morgan fingerprint density at radius 2 is 1.78 bits per heavy atom. The first-order valence-electron chi connectivity index (χ1n) is 11.5. The fourth-order valence-electron chi connectivity index (χ4n) is 4.65. The van der Waals surface area contributed by atoms with E-state index in [9.17, 15) is 4.79 Å². The minimum atomic E-state index is -0.108. The molecule has 3 heterocycles. The molecule has 0 spiro atoms. The molecule has 1 aromatic carbocycles. The Hall–Kier alpha value is -2.99. The molecule has 3 aromatic rings. The van der Waals surface area contributed by atoms with Crippen LogP contribution in [0.15, 0.2) is 47.4 Å². The van der Waals surface area contributed by atoms with Crippen LogP contribution in [0.2, 0.25) is 0 Å². The summed E-state index contributed by atoms with van der Waals surface area (Å²) in [7, 11) is 0. The van der Waals surface area contributed by atoms with Gasteiger partial charge in [0.15, 0.2) is 0 Å². The van der Waals surface area contributed by atoms with Crippen molar-refractivity contribution in [3.05, 3.63) is 75.3 Å². The van der Waals surface area contributed by atoms with Gasteiger partial charge in [0.05, 0.1) is 0 Å². The number of aryl methyl sites for hydroxylation is 1. The molecule has 168 valence electrons. The highest BCUT2D eigenvalue weighted by Gasteiger charge is 2.22. The van der Waals surface area contributed by atoms with Crippen molar-refractivity contribution in [3.63, 3.8) is 0 Å². The molecular formula is C26H33N5O. The number of hydrogen-bond acceptors (Lipinski definition) is 5. The summed E-state index contributed by atoms with van der Waals surface area (Å²) in [5, 5.41) is 3.44. The fraction of sp³-hybridized carbons (Fsp3) is 0.423. The molecule has 2 atom stereocenters. The summed E-state index contributed by atoms with van der Waals surface area (Å²) in [4.78, 5) is 26.5. The Labute approximate surface area is 190 Å². The van der Waals surface area contributed by atoms with Gasteiger partial charge in [-0.1, -0.05) is 38.1 Å². The van der Waals surface area contributed by atoms with Crippen molar-refractivity contribution in [1.82, 2.24) is 19.9 Å². The first kappa shape index (κ1) is 22.2. The number of nitrogens with one attached hydrogen (secondary N) is 2. The molecule has 2 unspecified atom stereocenters. The molecule has 1 aliphatic rings. The molecule has 4 rings (SSSR count). The Morgan fingerprint density at radius 3 is 2.44 bits per heavy atom. The van der Waals surface area contributed by atoms with Crippen LogP contribution >= 0.6 is 0 Å². The summed E-state index contributed by atoms with van der Waals surface area (Å²) in [5.74, 6) is 2.87. The van der Waals surface area contributed by atoms with Gasteiger partial charge in [-0.15, -0.1) is 0 Å². The smallest absolute Gasteiger partial charge is 0.254 e. The molecule has 0 bridgehead atoms. The van der Waals surface area contributed by atoms with Gasteiger partial charge < -0.3 is 10.3 Å². The lowest BCUT2D eigenvalue weighted by Gasteiger charge is -2.35. The van der Waals surface area contributed by atoms with Gasteiger partial charge in [-0.25, -0.2) is 9.97 Å². The first-order valence-corrected chi connectivity index (χ1v) is 11.5. The monoisotopic (exact) mass is 431 g/mol. The normalized spacial score (nSPS) is 19.1. The summed E-state index contributed by atoms with van der Waals surface area (Å²) in [5.41, 5.74) is 4.74. The van der Waals surface area contributed by atoms with Crippen molar-refractivity contribution in [2.45, 2.75) is 47.2 Å². The van der Waals surface area contributed by atoms with Gasteiger partial charge in [0.25, 0.3) is 5.56 Å². The standard InChI is InChI=1S/C26H33N5O/c1-17-11-18(2)15-31(14-17)16-23-8-6-5-7-21(23)12-27-24-10-9-22(13-28-24)25-29-20(4)19(3)26(32)30-25/h5-10,13,17-18H,11-12,14-16H2,1-4H3,(H,27,28)(H,29,30,32). The lowest BCUT2D eigenvalue weighted by molar-refractivity contribution is 0.134. The zero-order chi connectivity index (χ0) is 22.7. The van der Waals surface area contributed by atoms with Gasteiger partial charge in [0, 0.05) is 49.2 Å². The Morgan fingerprint density at radius 1 is 1.06 bits per heavy atom. The van der Waals surface area contributed by atoms with Gasteiger partial charge in [0.1, 0.15) is 11.6 Å². The van der Waals surface area contributed by atoms with Crippen molar-refractivity contribution in [3.8, 4) is 11.4 Å².